The van der Waals surface area contributed by atoms with Crippen molar-refractivity contribution in [2.45, 2.75) is 5.41 Å². The predicted octanol–water partition coefficient (Wildman–Crippen LogP) is 16.2. The molecule has 0 atom stereocenters. The Labute approximate surface area is 371 Å². The summed E-state index contributed by atoms with van der Waals surface area (Å²) >= 11 is 0. The first-order valence-corrected chi connectivity index (χ1v) is 22.0. The molecular formula is C61H40N2O. The van der Waals surface area contributed by atoms with Gasteiger partial charge in [0.05, 0.1) is 27.5 Å². The van der Waals surface area contributed by atoms with Crippen molar-refractivity contribution in [3.63, 3.8) is 0 Å². The first-order valence-electron chi connectivity index (χ1n) is 22.0. The van der Waals surface area contributed by atoms with E-state index >= 15 is 0 Å². The Morgan fingerprint density at radius 2 is 0.953 bits per heavy atom. The average Bonchev–Trinajstić information content (AvgIpc) is 4.01. The normalized spacial score (nSPS) is 12.8. The van der Waals surface area contributed by atoms with Crippen LogP contribution in [0.2, 0.25) is 0 Å². The van der Waals surface area contributed by atoms with E-state index in [2.05, 4.69) is 246 Å². The van der Waals surface area contributed by atoms with E-state index in [1.165, 1.54) is 60.8 Å². The van der Waals surface area contributed by atoms with Gasteiger partial charge in [-0.25, -0.2) is 0 Å². The molecule has 0 amide bonds. The Hall–Kier alpha value is -8.40. The van der Waals surface area contributed by atoms with Crippen molar-refractivity contribution in [1.82, 2.24) is 4.57 Å². The molecule has 0 saturated heterocycles. The van der Waals surface area contributed by atoms with Gasteiger partial charge in [-0.2, -0.15) is 0 Å². The molecule has 0 spiro atoms. The maximum absolute atomic E-state index is 6.57. The lowest BCUT2D eigenvalue weighted by Gasteiger charge is -2.35. The smallest absolute Gasteiger partial charge is 0.137 e. The molecule has 64 heavy (non-hydrogen) atoms. The molecule has 2 aromatic heterocycles. The van der Waals surface area contributed by atoms with Crippen LogP contribution in [-0.4, -0.2) is 4.57 Å². The van der Waals surface area contributed by atoms with Gasteiger partial charge in [0.1, 0.15) is 11.2 Å². The van der Waals surface area contributed by atoms with Gasteiger partial charge in [-0.1, -0.05) is 176 Å². The minimum absolute atomic E-state index is 0.544. The Balaban J connectivity index is 1.07. The zero-order valence-electron chi connectivity index (χ0n) is 34.9. The van der Waals surface area contributed by atoms with E-state index in [1.54, 1.807) is 0 Å². The summed E-state index contributed by atoms with van der Waals surface area (Å²) in [5.74, 6) is 0. The molecule has 0 radical (unpaired) electrons. The van der Waals surface area contributed by atoms with Gasteiger partial charge >= 0.3 is 0 Å². The lowest BCUT2D eigenvalue weighted by molar-refractivity contribution is 0.669. The summed E-state index contributed by atoms with van der Waals surface area (Å²) in [5.41, 5.74) is 17.8. The minimum Gasteiger partial charge on any atom is -0.456 e. The van der Waals surface area contributed by atoms with Crippen LogP contribution in [-0.2, 0) is 5.41 Å². The van der Waals surface area contributed by atoms with E-state index < -0.39 is 5.41 Å². The molecule has 1 aliphatic carbocycles. The van der Waals surface area contributed by atoms with Crippen LogP contribution >= 0.6 is 0 Å². The van der Waals surface area contributed by atoms with Gasteiger partial charge in [-0.15, -0.1) is 0 Å². The van der Waals surface area contributed by atoms with Crippen molar-refractivity contribution in [3.8, 4) is 27.9 Å². The summed E-state index contributed by atoms with van der Waals surface area (Å²) in [6, 6.07) is 88.3. The Kier molecular flexibility index (Phi) is 8.13. The quantitative estimate of drug-likeness (QED) is 0.160. The molecular weight excluding hydrogens is 777 g/mol. The molecule has 3 heteroatoms. The van der Waals surface area contributed by atoms with Gasteiger partial charge in [0.2, 0.25) is 0 Å². The number of rotatable bonds is 7. The van der Waals surface area contributed by atoms with Crippen molar-refractivity contribution in [2.75, 3.05) is 4.90 Å². The molecule has 3 nitrogen and oxygen atoms in total. The first kappa shape index (κ1) is 36.3. The van der Waals surface area contributed by atoms with Gasteiger partial charge in [-0.3, -0.25) is 0 Å². The van der Waals surface area contributed by atoms with Crippen LogP contribution < -0.4 is 4.90 Å². The number of para-hydroxylation sites is 2. The lowest BCUT2D eigenvalue weighted by atomic mass is 9.67. The second-order valence-electron chi connectivity index (χ2n) is 16.8. The molecule has 0 aliphatic heterocycles. The van der Waals surface area contributed by atoms with Gasteiger partial charge in [0, 0.05) is 33.2 Å². The van der Waals surface area contributed by atoms with E-state index in [9.17, 15) is 0 Å². The molecule has 0 bridgehead atoms. The summed E-state index contributed by atoms with van der Waals surface area (Å²) < 4.78 is 8.97. The van der Waals surface area contributed by atoms with Crippen LogP contribution in [0.5, 0.6) is 0 Å². The first-order chi connectivity index (χ1) is 31.8. The number of benzene rings is 10. The summed E-state index contributed by atoms with van der Waals surface area (Å²) in [7, 11) is 0. The number of aromatic nitrogens is 1. The van der Waals surface area contributed by atoms with Crippen molar-refractivity contribution in [1.29, 1.82) is 0 Å². The molecule has 12 aromatic rings. The number of anilines is 3. The van der Waals surface area contributed by atoms with Crippen LogP contribution in [0.4, 0.5) is 17.1 Å². The standard InChI is InChI=1S/C61H40N2O/c1-4-17-41(18-5-1)42-31-33-45(34-32-42)63-55-27-14-11-24-50(55)52-39-46(36-38-56(52)63)62(57-28-16-30-59-60(57)51-25-12-15-29-58(51)64-59)47-35-37-49-48-23-10-13-26-53(48)61(54(49)40-47,43-19-6-2-7-20-43)44-21-8-3-9-22-44/h1-40H. The lowest BCUT2D eigenvalue weighted by Crippen LogP contribution is -2.28. The molecule has 0 N–H and O–H groups in total. The molecule has 10 aromatic carbocycles. The maximum atomic E-state index is 6.57. The number of hydrogen-bond donors (Lipinski definition) is 0. The van der Waals surface area contributed by atoms with E-state index in [1.807, 2.05) is 6.07 Å². The molecule has 0 saturated carbocycles. The fourth-order valence-electron chi connectivity index (χ4n) is 10.8. The fraction of sp³-hybridized carbons (Fsp3) is 0.0164. The Bertz CT molecular complexity index is 3680. The topological polar surface area (TPSA) is 21.3 Å². The number of furan rings is 1. The third kappa shape index (κ3) is 5.34. The van der Waals surface area contributed by atoms with Crippen molar-refractivity contribution in [2.24, 2.45) is 0 Å². The minimum atomic E-state index is -0.544. The third-order valence-corrected chi connectivity index (χ3v) is 13.5. The van der Waals surface area contributed by atoms with E-state index in [-0.39, 0.29) is 0 Å². The van der Waals surface area contributed by atoms with Crippen molar-refractivity contribution in [3.05, 3.63) is 265 Å². The SMILES string of the molecule is c1ccc(-c2ccc(-n3c4ccccc4c4cc(N(c5ccc6c(c5)C(c5ccccc5)(c5ccccc5)c5ccccc5-6)c5cccc6oc7ccccc7c56)ccc43)cc2)cc1. The monoisotopic (exact) mass is 816 g/mol. The van der Waals surface area contributed by atoms with Gasteiger partial charge in [0.15, 0.2) is 0 Å². The largest absolute Gasteiger partial charge is 0.456 e. The number of fused-ring (bicyclic) bond motifs is 9. The van der Waals surface area contributed by atoms with Crippen LogP contribution in [0.15, 0.2) is 247 Å². The highest BCUT2D eigenvalue weighted by Gasteiger charge is 2.46. The highest BCUT2D eigenvalue weighted by atomic mass is 16.3. The predicted molar refractivity (Wildman–Crippen MR) is 265 cm³/mol. The maximum Gasteiger partial charge on any atom is 0.137 e. The highest BCUT2D eigenvalue weighted by molar-refractivity contribution is 6.15. The second kappa shape index (κ2) is 14.3. The van der Waals surface area contributed by atoms with E-state index in [4.69, 9.17) is 4.42 Å². The molecule has 2 heterocycles. The molecule has 1 aliphatic rings. The average molecular weight is 817 g/mol. The van der Waals surface area contributed by atoms with Crippen LogP contribution in [0, 0.1) is 0 Å². The number of nitrogens with zero attached hydrogens (tertiary/aromatic N) is 2. The molecule has 0 fully saturated rings. The molecule has 13 rings (SSSR count). The van der Waals surface area contributed by atoms with Crippen molar-refractivity contribution < 1.29 is 4.42 Å². The zero-order chi connectivity index (χ0) is 42.2. The zero-order valence-corrected chi connectivity index (χ0v) is 34.9. The molecule has 0 unspecified atom stereocenters. The van der Waals surface area contributed by atoms with Gasteiger partial charge in [-0.05, 0) is 111 Å². The summed E-state index contributed by atoms with van der Waals surface area (Å²) in [4.78, 5) is 2.45. The van der Waals surface area contributed by atoms with Crippen LogP contribution in [0.25, 0.3) is 71.7 Å². The fourth-order valence-corrected chi connectivity index (χ4v) is 10.8. The second-order valence-corrected chi connectivity index (χ2v) is 16.8. The third-order valence-electron chi connectivity index (χ3n) is 13.5. The Morgan fingerprint density at radius 3 is 1.73 bits per heavy atom. The van der Waals surface area contributed by atoms with Crippen molar-refractivity contribution >= 4 is 60.8 Å². The molecule has 300 valence electrons. The highest BCUT2D eigenvalue weighted by Crippen LogP contribution is 2.57. The van der Waals surface area contributed by atoms with Crippen LogP contribution in [0.3, 0.4) is 0 Å². The summed E-state index contributed by atoms with van der Waals surface area (Å²) in [5, 5.41) is 4.56. The number of hydrogen-bond acceptors (Lipinski definition) is 2. The van der Waals surface area contributed by atoms with Gasteiger partial charge in [0.25, 0.3) is 0 Å². The summed E-state index contributed by atoms with van der Waals surface area (Å²) in [6.45, 7) is 0. The van der Waals surface area contributed by atoms with E-state index in [0.29, 0.717) is 0 Å². The van der Waals surface area contributed by atoms with E-state index in [0.717, 1.165) is 50.2 Å². The van der Waals surface area contributed by atoms with Gasteiger partial charge < -0.3 is 13.9 Å². The van der Waals surface area contributed by atoms with Crippen LogP contribution in [0.1, 0.15) is 22.3 Å². The Morgan fingerprint density at radius 1 is 0.375 bits per heavy atom. The summed E-state index contributed by atoms with van der Waals surface area (Å²) in [6.07, 6.45) is 0.